The van der Waals surface area contributed by atoms with Gasteiger partial charge in [0.15, 0.2) is 0 Å². The summed E-state index contributed by atoms with van der Waals surface area (Å²) in [5.74, 6) is 0.897. The lowest BCUT2D eigenvalue weighted by molar-refractivity contribution is 0.328. The second kappa shape index (κ2) is 7.65. The first-order chi connectivity index (χ1) is 12.8. The molecule has 0 aromatic heterocycles. The van der Waals surface area contributed by atoms with Crippen LogP contribution >= 0.6 is 11.6 Å². The summed E-state index contributed by atoms with van der Waals surface area (Å²) in [6.07, 6.45) is 4.33. The molecule has 2 N–H and O–H groups in total. The van der Waals surface area contributed by atoms with Gasteiger partial charge in [0, 0.05) is 23.7 Å². The zero-order chi connectivity index (χ0) is 17.9. The number of nitrogens with zero attached hydrogens (tertiary/aromatic N) is 1. The van der Waals surface area contributed by atoms with Gasteiger partial charge in [-0.15, -0.1) is 0 Å². The van der Waals surface area contributed by atoms with E-state index < -0.39 is 0 Å². The Hall–Kier alpha value is -2.10. The van der Waals surface area contributed by atoms with Gasteiger partial charge in [0.2, 0.25) is 0 Å². The summed E-state index contributed by atoms with van der Waals surface area (Å²) in [4.78, 5) is 4.91. The van der Waals surface area contributed by atoms with Crippen molar-refractivity contribution in [1.82, 2.24) is 0 Å². The van der Waals surface area contributed by atoms with Gasteiger partial charge in [0.05, 0.1) is 5.71 Å². The van der Waals surface area contributed by atoms with Crippen LogP contribution in [0.5, 0.6) is 5.75 Å². The molecule has 0 spiro atoms. The molecule has 4 heteroatoms. The zero-order valence-electron chi connectivity index (χ0n) is 14.8. The highest BCUT2D eigenvalue weighted by molar-refractivity contribution is 6.30. The van der Waals surface area contributed by atoms with E-state index in [-0.39, 0.29) is 0 Å². The molecular formula is C22H23ClN2O. The number of hydrogen-bond donors (Lipinski definition) is 1. The summed E-state index contributed by atoms with van der Waals surface area (Å²) in [6.45, 7) is 1.91. The fraction of sp³-hybridized carbons (Fsp3) is 0.318. The average Bonchev–Trinajstić information content (AvgIpc) is 3.16. The third kappa shape index (κ3) is 3.42. The minimum Gasteiger partial charge on any atom is -0.492 e. The SMILES string of the molecule is NCCOc1ccc2c(c1)CCN=C2C1=C(c2ccc(Cl)cc2)CCC1. The predicted molar refractivity (Wildman–Crippen MR) is 108 cm³/mol. The summed E-state index contributed by atoms with van der Waals surface area (Å²) in [5, 5.41) is 0.777. The normalized spacial score (nSPS) is 16.5. The number of aliphatic imine (C=N–C) groups is 1. The molecule has 0 fully saturated rings. The lowest BCUT2D eigenvalue weighted by Crippen LogP contribution is -2.16. The van der Waals surface area contributed by atoms with Crippen molar-refractivity contribution >= 4 is 22.9 Å². The summed E-state index contributed by atoms with van der Waals surface area (Å²) in [6, 6.07) is 14.5. The van der Waals surface area contributed by atoms with Crippen molar-refractivity contribution in [3.8, 4) is 5.75 Å². The molecule has 134 valence electrons. The van der Waals surface area contributed by atoms with Crippen LogP contribution in [-0.4, -0.2) is 25.4 Å². The van der Waals surface area contributed by atoms with Gasteiger partial charge in [-0.25, -0.2) is 0 Å². The topological polar surface area (TPSA) is 47.6 Å². The number of ether oxygens (including phenoxy) is 1. The highest BCUT2D eigenvalue weighted by atomic mass is 35.5. The standard InChI is InChI=1S/C22H23ClN2O/c23-17-6-4-15(5-7-17)19-2-1-3-21(19)22-20-9-8-18(26-13-11-24)14-16(20)10-12-25-22/h4-9,14H,1-3,10-13,24H2. The number of hydrogen-bond acceptors (Lipinski definition) is 3. The van der Waals surface area contributed by atoms with E-state index in [0.29, 0.717) is 13.2 Å². The molecule has 3 nitrogen and oxygen atoms in total. The van der Waals surface area contributed by atoms with Gasteiger partial charge >= 0.3 is 0 Å². The Morgan fingerprint density at radius 2 is 1.81 bits per heavy atom. The summed E-state index contributed by atoms with van der Waals surface area (Å²) in [7, 11) is 0. The molecule has 1 heterocycles. The molecular weight excluding hydrogens is 344 g/mol. The van der Waals surface area contributed by atoms with Crippen molar-refractivity contribution in [3.05, 3.63) is 69.8 Å². The zero-order valence-corrected chi connectivity index (χ0v) is 15.6. The van der Waals surface area contributed by atoms with Crippen LogP contribution in [0.2, 0.25) is 5.02 Å². The van der Waals surface area contributed by atoms with E-state index in [9.17, 15) is 0 Å². The van der Waals surface area contributed by atoms with Crippen LogP contribution in [0.15, 0.2) is 53.0 Å². The summed E-state index contributed by atoms with van der Waals surface area (Å²) in [5.41, 5.74) is 13.3. The molecule has 2 aromatic carbocycles. The molecule has 1 aliphatic heterocycles. The van der Waals surface area contributed by atoms with Crippen LogP contribution in [-0.2, 0) is 6.42 Å². The Labute approximate surface area is 159 Å². The minimum atomic E-state index is 0.529. The average molecular weight is 367 g/mol. The maximum atomic E-state index is 6.06. The highest BCUT2D eigenvalue weighted by Crippen LogP contribution is 2.38. The van der Waals surface area contributed by atoms with E-state index in [1.807, 2.05) is 18.2 Å². The number of fused-ring (bicyclic) bond motifs is 1. The second-order valence-corrected chi connectivity index (χ2v) is 7.19. The third-order valence-electron chi connectivity index (χ3n) is 5.07. The van der Waals surface area contributed by atoms with Crippen molar-refractivity contribution in [2.24, 2.45) is 10.7 Å². The first-order valence-corrected chi connectivity index (χ1v) is 9.63. The Kier molecular flexibility index (Phi) is 5.09. The van der Waals surface area contributed by atoms with Gasteiger partial charge in [-0.3, -0.25) is 4.99 Å². The van der Waals surface area contributed by atoms with E-state index in [1.165, 1.54) is 40.0 Å². The van der Waals surface area contributed by atoms with E-state index in [0.717, 1.165) is 36.6 Å². The molecule has 2 aromatic rings. The Morgan fingerprint density at radius 1 is 1.00 bits per heavy atom. The van der Waals surface area contributed by atoms with E-state index >= 15 is 0 Å². The largest absolute Gasteiger partial charge is 0.492 e. The molecule has 26 heavy (non-hydrogen) atoms. The minimum absolute atomic E-state index is 0.529. The Balaban J connectivity index is 1.71. The lowest BCUT2D eigenvalue weighted by atomic mass is 9.90. The van der Waals surface area contributed by atoms with Gasteiger partial charge in [0.1, 0.15) is 12.4 Å². The van der Waals surface area contributed by atoms with Crippen LogP contribution in [0.1, 0.15) is 36.0 Å². The smallest absolute Gasteiger partial charge is 0.119 e. The van der Waals surface area contributed by atoms with Gasteiger partial charge in [-0.2, -0.15) is 0 Å². The molecule has 0 saturated heterocycles. The number of benzene rings is 2. The van der Waals surface area contributed by atoms with Crippen molar-refractivity contribution in [2.75, 3.05) is 19.7 Å². The summed E-state index contributed by atoms with van der Waals surface area (Å²) >= 11 is 6.06. The van der Waals surface area contributed by atoms with Crippen molar-refractivity contribution < 1.29 is 4.74 Å². The first-order valence-electron chi connectivity index (χ1n) is 9.25. The number of halogens is 1. The van der Waals surface area contributed by atoms with E-state index in [4.69, 9.17) is 27.1 Å². The van der Waals surface area contributed by atoms with E-state index in [1.54, 1.807) is 0 Å². The number of allylic oxidation sites excluding steroid dienone is 2. The van der Waals surface area contributed by atoms with Crippen molar-refractivity contribution in [2.45, 2.75) is 25.7 Å². The third-order valence-corrected chi connectivity index (χ3v) is 5.32. The van der Waals surface area contributed by atoms with Crippen LogP contribution in [0.4, 0.5) is 0 Å². The fourth-order valence-electron chi connectivity index (χ4n) is 3.88. The maximum Gasteiger partial charge on any atom is 0.119 e. The van der Waals surface area contributed by atoms with Crippen LogP contribution in [0, 0.1) is 0 Å². The van der Waals surface area contributed by atoms with Crippen molar-refractivity contribution in [1.29, 1.82) is 0 Å². The highest BCUT2D eigenvalue weighted by Gasteiger charge is 2.24. The monoisotopic (exact) mass is 366 g/mol. The molecule has 4 rings (SSSR count). The van der Waals surface area contributed by atoms with Crippen LogP contribution < -0.4 is 10.5 Å². The summed E-state index contributed by atoms with van der Waals surface area (Å²) < 4.78 is 5.69. The van der Waals surface area contributed by atoms with Gasteiger partial charge in [-0.05, 0) is 78.3 Å². The lowest BCUT2D eigenvalue weighted by Gasteiger charge is -2.20. The molecule has 0 radical (unpaired) electrons. The van der Waals surface area contributed by atoms with E-state index in [2.05, 4.69) is 24.3 Å². The van der Waals surface area contributed by atoms with Gasteiger partial charge in [-0.1, -0.05) is 23.7 Å². The molecule has 0 bridgehead atoms. The molecule has 0 saturated carbocycles. The maximum absolute atomic E-state index is 6.06. The molecule has 0 atom stereocenters. The molecule has 2 aliphatic rings. The second-order valence-electron chi connectivity index (χ2n) is 6.75. The first kappa shape index (κ1) is 17.3. The molecule has 0 amide bonds. The number of rotatable bonds is 5. The Bertz CT molecular complexity index is 868. The van der Waals surface area contributed by atoms with Crippen LogP contribution in [0.25, 0.3) is 5.57 Å². The predicted octanol–water partition coefficient (Wildman–Crippen LogP) is 4.66. The fourth-order valence-corrected chi connectivity index (χ4v) is 4.01. The van der Waals surface area contributed by atoms with Gasteiger partial charge < -0.3 is 10.5 Å². The molecule has 0 unspecified atom stereocenters. The Morgan fingerprint density at radius 3 is 2.62 bits per heavy atom. The molecule has 1 aliphatic carbocycles. The van der Waals surface area contributed by atoms with Gasteiger partial charge in [0.25, 0.3) is 0 Å². The van der Waals surface area contributed by atoms with Crippen molar-refractivity contribution in [3.63, 3.8) is 0 Å². The number of nitrogens with two attached hydrogens (primary N) is 1. The quantitative estimate of drug-likeness (QED) is 0.836. The van der Waals surface area contributed by atoms with Crippen LogP contribution in [0.3, 0.4) is 0 Å².